The Bertz CT molecular complexity index is 594. The third kappa shape index (κ3) is 2.97. The first kappa shape index (κ1) is 15.4. The van der Waals surface area contributed by atoms with Crippen LogP contribution in [-0.2, 0) is 5.41 Å². The number of fused-ring (bicyclic) bond motifs is 1. The lowest BCUT2D eigenvalue weighted by molar-refractivity contribution is 0.136. The van der Waals surface area contributed by atoms with E-state index in [1.54, 1.807) is 0 Å². The van der Waals surface area contributed by atoms with Gasteiger partial charge in [-0.2, -0.15) is 4.37 Å². The Morgan fingerprint density at radius 2 is 1.78 bits per heavy atom. The van der Waals surface area contributed by atoms with Crippen molar-refractivity contribution >= 4 is 22.7 Å². The van der Waals surface area contributed by atoms with Crippen LogP contribution < -0.4 is 5.32 Å². The van der Waals surface area contributed by atoms with Gasteiger partial charge in [0.25, 0.3) is 0 Å². The van der Waals surface area contributed by atoms with Crippen molar-refractivity contribution in [2.75, 3.05) is 11.9 Å². The summed E-state index contributed by atoms with van der Waals surface area (Å²) in [5, 5.41) is 3.63. The Hall–Kier alpha value is -1.17. The number of nitrogens with one attached hydrogen (secondary N) is 1. The average Bonchev–Trinajstić information content (AvgIpc) is 2.83. The first-order chi connectivity index (χ1) is 10.9. The topological polar surface area (TPSA) is 58.1 Å². The molecular weight excluding hydrogens is 308 g/mol. The molecule has 2 aliphatic heterocycles. The molecule has 0 spiro atoms. The molecule has 126 valence electrons. The van der Waals surface area contributed by atoms with E-state index in [0.717, 1.165) is 24.2 Å². The van der Waals surface area contributed by atoms with Gasteiger partial charge in [-0.25, -0.2) is 9.78 Å². The maximum Gasteiger partial charge on any atom is 0.323 e. The van der Waals surface area contributed by atoms with E-state index in [2.05, 4.69) is 40.3 Å². The summed E-state index contributed by atoms with van der Waals surface area (Å²) >= 11 is 1.29. The number of hydrogen-bond acceptors (Lipinski definition) is 4. The number of urea groups is 1. The standard InChI is InChI=1S/C17H26N4OS/c1-17(2,3)14-18-15(23-20-14)19-16(22)21-9-12-5-10-4-11(6-12)8-13(21)7-10/h10-13H,4-9H2,1-3H3,(H,18,19,20,22)/t10-,11+,12?,13?. The number of anilines is 1. The maximum absolute atomic E-state index is 12.8. The molecule has 2 aliphatic carbocycles. The van der Waals surface area contributed by atoms with Crippen molar-refractivity contribution < 1.29 is 4.79 Å². The zero-order valence-corrected chi connectivity index (χ0v) is 15.0. The van der Waals surface area contributed by atoms with E-state index < -0.39 is 0 Å². The molecule has 4 fully saturated rings. The highest BCUT2D eigenvalue weighted by Gasteiger charge is 2.44. The summed E-state index contributed by atoms with van der Waals surface area (Å²) in [6, 6.07) is 0.459. The number of carbonyl (C=O) groups is 1. The lowest BCUT2D eigenvalue weighted by atomic mass is 9.68. The lowest BCUT2D eigenvalue weighted by Gasteiger charge is -2.38. The molecule has 23 heavy (non-hydrogen) atoms. The van der Waals surface area contributed by atoms with Gasteiger partial charge in [-0.15, -0.1) is 0 Å². The molecule has 6 heteroatoms. The number of amides is 2. The van der Waals surface area contributed by atoms with Crippen LogP contribution in [0.2, 0.25) is 0 Å². The minimum atomic E-state index is -0.0834. The monoisotopic (exact) mass is 334 g/mol. The van der Waals surface area contributed by atoms with Crippen molar-refractivity contribution in [3.05, 3.63) is 5.82 Å². The number of nitrogens with zero attached hydrogens (tertiary/aromatic N) is 3. The van der Waals surface area contributed by atoms with E-state index in [-0.39, 0.29) is 11.4 Å². The Morgan fingerprint density at radius 1 is 1.13 bits per heavy atom. The number of rotatable bonds is 1. The highest BCUT2D eigenvalue weighted by atomic mass is 32.1. The van der Waals surface area contributed by atoms with Crippen LogP contribution in [0.25, 0.3) is 0 Å². The fourth-order valence-electron chi connectivity index (χ4n) is 4.78. The molecule has 3 heterocycles. The van der Waals surface area contributed by atoms with Crippen LogP contribution in [0.15, 0.2) is 0 Å². The fraction of sp³-hybridized carbons (Fsp3) is 0.824. The minimum absolute atomic E-state index is 0.0276. The first-order valence-corrected chi connectivity index (χ1v) is 9.57. The molecule has 1 N–H and O–H groups in total. The smallest absolute Gasteiger partial charge is 0.321 e. The summed E-state index contributed by atoms with van der Waals surface area (Å²) in [5.41, 5.74) is -0.0834. The van der Waals surface area contributed by atoms with Crippen LogP contribution in [0.5, 0.6) is 0 Å². The zero-order chi connectivity index (χ0) is 16.2. The summed E-state index contributed by atoms with van der Waals surface area (Å²) in [4.78, 5) is 19.4. The van der Waals surface area contributed by atoms with E-state index in [1.165, 1.54) is 43.6 Å². The van der Waals surface area contributed by atoms with Gasteiger partial charge in [0.1, 0.15) is 5.82 Å². The first-order valence-electron chi connectivity index (χ1n) is 8.80. The van der Waals surface area contributed by atoms with E-state index in [9.17, 15) is 4.79 Å². The van der Waals surface area contributed by atoms with Gasteiger partial charge >= 0.3 is 6.03 Å². The van der Waals surface area contributed by atoms with Crippen molar-refractivity contribution in [1.29, 1.82) is 0 Å². The van der Waals surface area contributed by atoms with E-state index in [4.69, 9.17) is 0 Å². The predicted octanol–water partition coefficient (Wildman–Crippen LogP) is 3.88. The van der Waals surface area contributed by atoms with Crippen molar-refractivity contribution in [2.45, 2.75) is 64.3 Å². The molecule has 2 amide bonds. The molecule has 4 atom stereocenters. The van der Waals surface area contributed by atoms with Crippen LogP contribution in [0.1, 0.15) is 58.7 Å². The molecule has 4 aliphatic rings. The zero-order valence-electron chi connectivity index (χ0n) is 14.2. The summed E-state index contributed by atoms with van der Waals surface area (Å²) < 4.78 is 4.39. The van der Waals surface area contributed by atoms with Gasteiger partial charge in [-0.3, -0.25) is 5.32 Å². The quantitative estimate of drug-likeness (QED) is 0.848. The summed E-state index contributed by atoms with van der Waals surface area (Å²) in [7, 11) is 0. The predicted molar refractivity (Wildman–Crippen MR) is 91.7 cm³/mol. The van der Waals surface area contributed by atoms with Crippen LogP contribution >= 0.6 is 11.5 Å². The van der Waals surface area contributed by atoms with Gasteiger partial charge < -0.3 is 4.90 Å². The maximum atomic E-state index is 12.8. The second kappa shape index (κ2) is 5.43. The third-order valence-electron chi connectivity index (χ3n) is 5.68. The summed E-state index contributed by atoms with van der Waals surface area (Å²) in [6.45, 7) is 7.19. The van der Waals surface area contributed by atoms with Gasteiger partial charge in [0.15, 0.2) is 0 Å². The van der Waals surface area contributed by atoms with E-state index in [0.29, 0.717) is 17.1 Å². The number of carbonyl (C=O) groups excluding carboxylic acids is 1. The second-order valence-electron chi connectivity index (χ2n) is 8.69. The second-order valence-corrected chi connectivity index (χ2v) is 9.44. The average molecular weight is 334 g/mol. The Labute approximate surface area is 142 Å². The highest BCUT2D eigenvalue weighted by Crippen LogP contribution is 2.47. The minimum Gasteiger partial charge on any atom is -0.321 e. The van der Waals surface area contributed by atoms with Gasteiger partial charge in [0, 0.05) is 29.5 Å². The van der Waals surface area contributed by atoms with Crippen molar-refractivity contribution in [3.8, 4) is 0 Å². The normalized spacial score (nSPS) is 32.9. The van der Waals surface area contributed by atoms with Gasteiger partial charge in [0.05, 0.1) is 0 Å². The summed E-state index contributed by atoms with van der Waals surface area (Å²) in [5.74, 6) is 3.21. The fourth-order valence-corrected chi connectivity index (χ4v) is 5.52. The van der Waals surface area contributed by atoms with Crippen LogP contribution in [0, 0.1) is 17.8 Å². The molecule has 5 rings (SSSR count). The van der Waals surface area contributed by atoms with E-state index in [1.807, 2.05) is 0 Å². The molecule has 0 radical (unpaired) electrons. The van der Waals surface area contributed by atoms with E-state index >= 15 is 0 Å². The molecular formula is C17H26N4OS. The van der Waals surface area contributed by atoms with Crippen LogP contribution in [0.4, 0.5) is 9.93 Å². The summed E-state index contributed by atoms with van der Waals surface area (Å²) in [6.07, 6.45) is 6.44. The third-order valence-corrected chi connectivity index (χ3v) is 6.31. The Balaban J connectivity index is 1.48. The van der Waals surface area contributed by atoms with Crippen molar-refractivity contribution in [1.82, 2.24) is 14.3 Å². The largest absolute Gasteiger partial charge is 0.323 e. The lowest BCUT2D eigenvalue weighted by Crippen LogP contribution is -2.44. The van der Waals surface area contributed by atoms with Gasteiger partial charge in [-0.1, -0.05) is 20.8 Å². The number of hydrogen-bond donors (Lipinski definition) is 1. The molecule has 2 saturated carbocycles. The van der Waals surface area contributed by atoms with Gasteiger partial charge in [-0.05, 0) is 49.9 Å². The van der Waals surface area contributed by atoms with Gasteiger partial charge in [0.2, 0.25) is 5.13 Å². The van der Waals surface area contributed by atoms with Crippen molar-refractivity contribution in [2.24, 2.45) is 17.8 Å². The van der Waals surface area contributed by atoms with Crippen LogP contribution in [-0.4, -0.2) is 32.9 Å². The molecule has 1 aromatic heterocycles. The SMILES string of the molecule is CC(C)(C)c1nsc(NC(=O)N2CC3C[C@@H]4CC2C[C@H](C3)C4)n1. The molecule has 5 nitrogen and oxygen atoms in total. The number of aromatic nitrogens is 2. The Kier molecular flexibility index (Phi) is 3.63. The molecule has 2 saturated heterocycles. The van der Waals surface area contributed by atoms with Crippen molar-refractivity contribution in [3.63, 3.8) is 0 Å². The van der Waals surface area contributed by atoms with Crippen LogP contribution in [0.3, 0.4) is 0 Å². The highest BCUT2D eigenvalue weighted by molar-refractivity contribution is 7.09. The molecule has 4 bridgehead atoms. The Morgan fingerprint density at radius 3 is 2.39 bits per heavy atom. The molecule has 1 aromatic rings. The molecule has 0 aromatic carbocycles. The molecule has 2 unspecified atom stereocenters.